The highest BCUT2D eigenvalue weighted by molar-refractivity contribution is 5.60. The second-order valence-corrected chi connectivity index (χ2v) is 6.43. The molecule has 1 N–H and O–H groups in total. The van der Waals surface area contributed by atoms with E-state index in [0.29, 0.717) is 6.61 Å². The van der Waals surface area contributed by atoms with Gasteiger partial charge in [-0.1, -0.05) is 12.1 Å². The summed E-state index contributed by atoms with van der Waals surface area (Å²) in [5.74, 6) is 2.78. The number of aromatic amines is 1. The highest BCUT2D eigenvalue weighted by Gasteiger charge is 2.28. The molecule has 136 valence electrons. The monoisotopic (exact) mass is 353 g/mol. The molecule has 1 aliphatic rings. The molecular weight excluding hydrogens is 330 g/mol. The SMILES string of the molecule is COc1cccc(-c2cnc([C@@H]3COCCN3Cc3nccn3C)[nH]2)c1. The number of aryl methyl sites for hydroxylation is 1. The molecular formula is C19H23N5O2. The van der Waals surface area contributed by atoms with Gasteiger partial charge in [-0.25, -0.2) is 9.97 Å². The van der Waals surface area contributed by atoms with Crippen LogP contribution in [0.2, 0.25) is 0 Å². The van der Waals surface area contributed by atoms with Gasteiger partial charge in [-0.15, -0.1) is 0 Å². The number of aromatic nitrogens is 4. The quantitative estimate of drug-likeness (QED) is 0.763. The van der Waals surface area contributed by atoms with Crippen LogP contribution in [0.3, 0.4) is 0 Å². The van der Waals surface area contributed by atoms with Crippen molar-refractivity contribution in [2.24, 2.45) is 7.05 Å². The maximum Gasteiger partial charge on any atom is 0.126 e. The topological polar surface area (TPSA) is 68.2 Å². The van der Waals surface area contributed by atoms with E-state index in [1.54, 1.807) is 7.11 Å². The van der Waals surface area contributed by atoms with Crippen molar-refractivity contribution in [3.63, 3.8) is 0 Å². The summed E-state index contributed by atoms with van der Waals surface area (Å²) >= 11 is 0. The zero-order chi connectivity index (χ0) is 17.9. The largest absolute Gasteiger partial charge is 0.497 e. The molecule has 0 amide bonds. The van der Waals surface area contributed by atoms with Gasteiger partial charge in [0.05, 0.1) is 44.8 Å². The smallest absolute Gasteiger partial charge is 0.126 e. The van der Waals surface area contributed by atoms with E-state index >= 15 is 0 Å². The van der Waals surface area contributed by atoms with E-state index in [1.807, 2.05) is 49.9 Å². The molecule has 0 spiro atoms. The Morgan fingerprint density at radius 1 is 1.35 bits per heavy atom. The standard InChI is InChI=1S/C19H23N5O2/c1-23-7-6-20-18(23)12-24-8-9-26-13-17(24)19-21-11-16(22-19)14-4-3-5-15(10-14)25-2/h3-7,10-11,17H,8-9,12-13H2,1-2H3,(H,21,22)/t17-/m0/s1. The summed E-state index contributed by atoms with van der Waals surface area (Å²) in [5, 5.41) is 0. The average Bonchev–Trinajstić information content (AvgIpc) is 3.32. The first-order valence-electron chi connectivity index (χ1n) is 8.72. The van der Waals surface area contributed by atoms with Gasteiger partial charge in [0, 0.05) is 31.5 Å². The Morgan fingerprint density at radius 3 is 3.08 bits per heavy atom. The number of ether oxygens (including phenoxy) is 2. The fourth-order valence-electron chi connectivity index (χ4n) is 3.25. The molecule has 3 aromatic rings. The van der Waals surface area contributed by atoms with Gasteiger partial charge in [0.1, 0.15) is 17.4 Å². The van der Waals surface area contributed by atoms with Crippen LogP contribution in [0.25, 0.3) is 11.3 Å². The van der Waals surface area contributed by atoms with Gasteiger partial charge in [0.15, 0.2) is 0 Å². The van der Waals surface area contributed by atoms with Gasteiger partial charge in [-0.05, 0) is 12.1 Å². The number of rotatable bonds is 5. The molecule has 0 radical (unpaired) electrons. The maximum absolute atomic E-state index is 5.72. The summed E-state index contributed by atoms with van der Waals surface area (Å²) in [7, 11) is 3.69. The molecule has 7 nitrogen and oxygen atoms in total. The predicted molar refractivity (Wildman–Crippen MR) is 97.8 cm³/mol. The summed E-state index contributed by atoms with van der Waals surface area (Å²) in [6.45, 7) is 2.97. The molecule has 26 heavy (non-hydrogen) atoms. The molecule has 0 saturated carbocycles. The lowest BCUT2D eigenvalue weighted by Gasteiger charge is -2.34. The minimum Gasteiger partial charge on any atom is -0.497 e. The fraction of sp³-hybridized carbons (Fsp3) is 0.368. The van der Waals surface area contributed by atoms with E-state index in [1.165, 1.54) is 0 Å². The minimum absolute atomic E-state index is 0.0832. The van der Waals surface area contributed by atoms with E-state index in [-0.39, 0.29) is 6.04 Å². The summed E-state index contributed by atoms with van der Waals surface area (Å²) in [4.78, 5) is 14.9. The van der Waals surface area contributed by atoms with Crippen molar-refractivity contribution in [1.29, 1.82) is 0 Å². The van der Waals surface area contributed by atoms with Crippen molar-refractivity contribution in [3.05, 3.63) is 54.5 Å². The Kier molecular flexibility index (Phi) is 4.73. The van der Waals surface area contributed by atoms with Crippen molar-refractivity contribution in [1.82, 2.24) is 24.4 Å². The molecule has 1 fully saturated rings. The number of methoxy groups -OCH3 is 1. The van der Waals surface area contributed by atoms with E-state index in [2.05, 4.69) is 24.4 Å². The summed E-state index contributed by atoms with van der Waals surface area (Å²) in [6, 6.07) is 8.04. The third-order valence-electron chi connectivity index (χ3n) is 4.80. The average molecular weight is 353 g/mol. The zero-order valence-corrected chi connectivity index (χ0v) is 15.1. The van der Waals surface area contributed by atoms with E-state index in [4.69, 9.17) is 9.47 Å². The fourth-order valence-corrected chi connectivity index (χ4v) is 3.25. The molecule has 3 heterocycles. The van der Waals surface area contributed by atoms with Gasteiger partial charge in [0.2, 0.25) is 0 Å². The van der Waals surface area contributed by atoms with Crippen molar-refractivity contribution >= 4 is 0 Å². The van der Waals surface area contributed by atoms with Crippen molar-refractivity contribution in [3.8, 4) is 17.0 Å². The molecule has 0 aliphatic carbocycles. The van der Waals surface area contributed by atoms with Crippen LogP contribution in [0.4, 0.5) is 0 Å². The molecule has 1 aliphatic heterocycles. The second kappa shape index (κ2) is 7.31. The molecule has 1 saturated heterocycles. The molecule has 0 bridgehead atoms. The first-order valence-corrected chi connectivity index (χ1v) is 8.72. The highest BCUT2D eigenvalue weighted by Crippen LogP contribution is 2.27. The van der Waals surface area contributed by atoms with Gasteiger partial charge in [-0.2, -0.15) is 0 Å². The van der Waals surface area contributed by atoms with Crippen molar-refractivity contribution in [2.45, 2.75) is 12.6 Å². The van der Waals surface area contributed by atoms with Gasteiger partial charge in [-0.3, -0.25) is 4.90 Å². The number of H-pyrrole nitrogens is 1. The number of imidazole rings is 2. The van der Waals surface area contributed by atoms with Crippen LogP contribution in [0, 0.1) is 0 Å². The Labute approximate surface area is 152 Å². The molecule has 0 unspecified atom stereocenters. The Balaban J connectivity index is 1.57. The van der Waals surface area contributed by atoms with Crippen LogP contribution in [-0.4, -0.2) is 51.3 Å². The predicted octanol–water partition coefficient (Wildman–Crippen LogP) is 2.39. The number of hydrogen-bond acceptors (Lipinski definition) is 5. The van der Waals surface area contributed by atoms with Gasteiger partial charge in [0.25, 0.3) is 0 Å². The van der Waals surface area contributed by atoms with Crippen molar-refractivity contribution in [2.75, 3.05) is 26.9 Å². The van der Waals surface area contributed by atoms with E-state index in [9.17, 15) is 0 Å². The molecule has 7 heteroatoms. The Bertz CT molecular complexity index is 872. The van der Waals surface area contributed by atoms with Crippen LogP contribution in [0.5, 0.6) is 5.75 Å². The Hall–Kier alpha value is -2.64. The van der Waals surface area contributed by atoms with Crippen LogP contribution in [0.15, 0.2) is 42.9 Å². The van der Waals surface area contributed by atoms with Gasteiger partial charge >= 0.3 is 0 Å². The number of hydrogen-bond donors (Lipinski definition) is 1. The zero-order valence-electron chi connectivity index (χ0n) is 15.1. The maximum atomic E-state index is 5.72. The summed E-state index contributed by atoms with van der Waals surface area (Å²) < 4.78 is 13.1. The third kappa shape index (κ3) is 3.36. The number of nitrogens with one attached hydrogen (secondary N) is 1. The van der Waals surface area contributed by atoms with E-state index in [0.717, 1.165) is 48.4 Å². The van der Waals surface area contributed by atoms with E-state index < -0.39 is 0 Å². The normalized spacial score (nSPS) is 18.2. The van der Waals surface area contributed by atoms with Gasteiger partial charge < -0.3 is 19.0 Å². The molecule has 2 aromatic heterocycles. The van der Waals surface area contributed by atoms with Crippen LogP contribution < -0.4 is 4.74 Å². The third-order valence-corrected chi connectivity index (χ3v) is 4.80. The van der Waals surface area contributed by atoms with Crippen LogP contribution in [-0.2, 0) is 18.3 Å². The van der Waals surface area contributed by atoms with Crippen molar-refractivity contribution < 1.29 is 9.47 Å². The first-order chi connectivity index (χ1) is 12.7. The second-order valence-electron chi connectivity index (χ2n) is 6.43. The molecule has 4 rings (SSSR count). The lowest BCUT2D eigenvalue weighted by atomic mass is 10.1. The first kappa shape index (κ1) is 16.8. The Morgan fingerprint density at radius 2 is 2.27 bits per heavy atom. The van der Waals surface area contributed by atoms with Crippen LogP contribution in [0.1, 0.15) is 17.7 Å². The summed E-state index contributed by atoms with van der Waals surface area (Å²) in [5.41, 5.74) is 2.02. The van der Waals surface area contributed by atoms with Crippen LogP contribution >= 0.6 is 0 Å². The summed E-state index contributed by atoms with van der Waals surface area (Å²) in [6.07, 6.45) is 5.68. The number of nitrogens with zero attached hydrogens (tertiary/aromatic N) is 4. The minimum atomic E-state index is 0.0832. The molecule has 1 atom stereocenters. The molecule has 1 aromatic carbocycles. The lowest BCUT2D eigenvalue weighted by molar-refractivity contribution is -0.0170. The number of benzene rings is 1. The number of morpholine rings is 1. The highest BCUT2D eigenvalue weighted by atomic mass is 16.5. The lowest BCUT2D eigenvalue weighted by Crippen LogP contribution is -2.40.